The summed E-state index contributed by atoms with van der Waals surface area (Å²) in [5.74, 6) is 2.56. The number of amides is 1. The van der Waals surface area contributed by atoms with Gasteiger partial charge in [0.05, 0.1) is 29.5 Å². The van der Waals surface area contributed by atoms with Gasteiger partial charge in [-0.3, -0.25) is 3.53 Å². The molecule has 1 amide bonds. The monoisotopic (exact) mass is 281 g/mol. The van der Waals surface area contributed by atoms with Crippen LogP contribution in [0, 0.1) is 12.3 Å². The summed E-state index contributed by atoms with van der Waals surface area (Å²) in [5.41, 5.74) is 0. The zero-order valence-corrected chi connectivity index (χ0v) is 8.96. The van der Waals surface area contributed by atoms with Gasteiger partial charge in [0.2, 0.25) is 0 Å². The van der Waals surface area contributed by atoms with Crippen molar-refractivity contribution in [1.29, 1.82) is 0 Å². The largest absolute Gasteiger partial charge is 0.449 e. The molecule has 0 unspecified atom stereocenters. The summed E-state index contributed by atoms with van der Waals surface area (Å²) in [4.78, 5) is 10.5. The summed E-state index contributed by atoms with van der Waals surface area (Å²) < 4.78 is 7.11. The topological polar surface area (TPSA) is 38.3 Å². The third-order valence-corrected chi connectivity index (χ3v) is 1.72. The van der Waals surface area contributed by atoms with Crippen molar-refractivity contribution in [1.82, 2.24) is 3.53 Å². The van der Waals surface area contributed by atoms with E-state index >= 15 is 0 Å². The van der Waals surface area contributed by atoms with Crippen LogP contribution >= 0.6 is 22.9 Å². The third kappa shape index (κ3) is 7.66. The van der Waals surface area contributed by atoms with Crippen molar-refractivity contribution in [3.63, 3.8) is 0 Å². The first-order valence-electron chi connectivity index (χ1n) is 3.78. The molecule has 0 radical (unpaired) electrons. The van der Waals surface area contributed by atoms with Crippen LogP contribution in [0.4, 0.5) is 4.79 Å². The van der Waals surface area contributed by atoms with E-state index in [4.69, 9.17) is 11.2 Å². The number of terminal acetylenes is 1. The molecule has 0 aliphatic carbocycles. The number of halogens is 1. The first-order valence-corrected chi connectivity index (χ1v) is 4.86. The summed E-state index contributed by atoms with van der Waals surface area (Å²) >= 11 is 1.74. The smallest absolute Gasteiger partial charge is 0.415 e. The Kier molecular flexibility index (Phi) is 8.34. The number of hydrogen-bond donors (Lipinski definition) is 1. The van der Waals surface area contributed by atoms with E-state index in [1.807, 2.05) is 0 Å². The van der Waals surface area contributed by atoms with Gasteiger partial charge in [-0.05, 0) is 19.3 Å². The van der Waals surface area contributed by atoms with Crippen molar-refractivity contribution < 1.29 is 9.53 Å². The molecule has 0 atom stereocenters. The number of hydrogen-bond acceptors (Lipinski definition) is 2. The number of ether oxygens (including phenoxy) is 1. The maximum atomic E-state index is 10.5. The van der Waals surface area contributed by atoms with Crippen LogP contribution < -0.4 is 3.53 Å². The fourth-order valence-electron chi connectivity index (χ4n) is 0.698. The van der Waals surface area contributed by atoms with Crippen LogP contribution in [0.3, 0.4) is 0 Å². The lowest BCUT2D eigenvalue weighted by Crippen LogP contribution is -2.14. The molecule has 0 fully saturated rings. The van der Waals surface area contributed by atoms with E-state index in [1.54, 1.807) is 22.9 Å². The van der Waals surface area contributed by atoms with Gasteiger partial charge in [-0.2, -0.15) is 0 Å². The van der Waals surface area contributed by atoms with Crippen molar-refractivity contribution in [2.75, 3.05) is 6.61 Å². The van der Waals surface area contributed by atoms with E-state index in [2.05, 4.69) is 9.45 Å². The van der Waals surface area contributed by atoms with Gasteiger partial charge in [0.25, 0.3) is 0 Å². The Morgan fingerprint density at radius 3 is 2.83 bits per heavy atom. The number of carbonyl (C=O) groups is 1. The van der Waals surface area contributed by atoms with Crippen molar-refractivity contribution >= 4 is 29.0 Å². The van der Waals surface area contributed by atoms with Gasteiger partial charge < -0.3 is 4.74 Å². The van der Waals surface area contributed by atoms with Gasteiger partial charge in [0, 0.05) is 6.42 Å². The van der Waals surface area contributed by atoms with Gasteiger partial charge in [0.1, 0.15) is 0 Å². The highest BCUT2D eigenvalue weighted by Gasteiger charge is 1.96. The minimum absolute atomic E-state index is 0.382. The Balaban J connectivity index is 3.01. The van der Waals surface area contributed by atoms with E-state index in [0.717, 1.165) is 25.7 Å². The van der Waals surface area contributed by atoms with Crippen LogP contribution in [0.1, 0.15) is 25.7 Å². The van der Waals surface area contributed by atoms with Crippen LogP contribution in [0.15, 0.2) is 0 Å². The SMILES string of the molecule is C#CCCCCCOC(=O)NI. The average Bonchev–Trinajstić information content (AvgIpc) is 2.10. The highest BCUT2D eigenvalue weighted by Crippen LogP contribution is 1.98. The highest BCUT2D eigenvalue weighted by atomic mass is 127. The summed E-state index contributed by atoms with van der Waals surface area (Å²) in [7, 11) is 0. The predicted octanol–water partition coefficient (Wildman–Crippen LogP) is 2.26. The molecule has 0 aliphatic heterocycles. The van der Waals surface area contributed by atoms with E-state index < -0.39 is 0 Å². The van der Waals surface area contributed by atoms with Gasteiger partial charge in [0.15, 0.2) is 0 Å². The molecular weight excluding hydrogens is 269 g/mol. The standard InChI is InChI=1S/C8H12INO2/c1-2-3-4-5-6-7-12-8(11)10-9/h1H,3-7H2,(H,10,11). The van der Waals surface area contributed by atoms with Gasteiger partial charge in [-0.1, -0.05) is 0 Å². The van der Waals surface area contributed by atoms with Crippen molar-refractivity contribution in [2.24, 2.45) is 0 Å². The second-order valence-corrected chi connectivity index (χ2v) is 2.78. The van der Waals surface area contributed by atoms with Crippen molar-refractivity contribution in [3.8, 4) is 12.3 Å². The maximum Gasteiger partial charge on any atom is 0.415 e. The molecule has 0 saturated heterocycles. The molecular formula is C8H12INO2. The Labute approximate surface area is 86.7 Å². The lowest BCUT2D eigenvalue weighted by Gasteiger charge is -2.01. The number of unbranched alkanes of at least 4 members (excludes halogenated alkanes) is 3. The van der Waals surface area contributed by atoms with Crippen molar-refractivity contribution in [2.45, 2.75) is 25.7 Å². The Morgan fingerprint density at radius 2 is 2.25 bits per heavy atom. The Morgan fingerprint density at radius 1 is 1.50 bits per heavy atom. The molecule has 0 rings (SSSR count). The second kappa shape index (κ2) is 8.65. The molecule has 0 aromatic carbocycles. The van der Waals surface area contributed by atoms with E-state index in [9.17, 15) is 4.79 Å². The number of nitrogens with one attached hydrogen (secondary N) is 1. The van der Waals surface area contributed by atoms with Crippen LogP contribution in [-0.2, 0) is 4.74 Å². The molecule has 0 heterocycles. The molecule has 3 nitrogen and oxygen atoms in total. The molecule has 0 saturated carbocycles. The van der Waals surface area contributed by atoms with Gasteiger partial charge in [-0.15, -0.1) is 12.3 Å². The summed E-state index contributed by atoms with van der Waals surface area (Å²) in [6.45, 7) is 0.472. The van der Waals surface area contributed by atoms with Crippen LogP contribution in [0.2, 0.25) is 0 Å². The molecule has 12 heavy (non-hydrogen) atoms. The van der Waals surface area contributed by atoms with E-state index in [0.29, 0.717) is 6.61 Å². The zero-order valence-electron chi connectivity index (χ0n) is 6.81. The van der Waals surface area contributed by atoms with E-state index in [-0.39, 0.29) is 6.09 Å². The van der Waals surface area contributed by atoms with Gasteiger partial charge in [-0.25, -0.2) is 4.79 Å². The van der Waals surface area contributed by atoms with Gasteiger partial charge >= 0.3 is 6.09 Å². The fourth-order valence-corrected chi connectivity index (χ4v) is 0.854. The molecule has 0 aromatic rings. The highest BCUT2D eigenvalue weighted by molar-refractivity contribution is 14.1. The third-order valence-electron chi connectivity index (χ3n) is 1.28. The summed E-state index contributed by atoms with van der Waals surface area (Å²) in [5, 5.41) is 0. The average molecular weight is 281 g/mol. The zero-order chi connectivity index (χ0) is 9.23. The number of rotatable bonds is 5. The summed E-state index contributed by atoms with van der Waals surface area (Å²) in [6, 6.07) is 0. The molecule has 0 spiro atoms. The fraction of sp³-hybridized carbons (Fsp3) is 0.625. The predicted molar refractivity (Wildman–Crippen MR) is 55.8 cm³/mol. The lowest BCUT2D eigenvalue weighted by molar-refractivity contribution is 0.152. The summed E-state index contributed by atoms with van der Waals surface area (Å²) in [6.07, 6.45) is 8.39. The van der Waals surface area contributed by atoms with Crippen LogP contribution in [-0.4, -0.2) is 12.7 Å². The normalized spacial score (nSPS) is 8.67. The second-order valence-electron chi connectivity index (χ2n) is 2.25. The lowest BCUT2D eigenvalue weighted by atomic mass is 10.2. The molecule has 0 aromatic heterocycles. The quantitative estimate of drug-likeness (QED) is 0.363. The molecule has 1 N–H and O–H groups in total. The minimum Gasteiger partial charge on any atom is -0.449 e. The molecule has 0 bridgehead atoms. The van der Waals surface area contributed by atoms with Crippen LogP contribution in [0.25, 0.3) is 0 Å². The Hall–Kier alpha value is -0.440. The number of carbonyl (C=O) groups excluding carboxylic acids is 1. The molecule has 4 heteroatoms. The first kappa shape index (κ1) is 11.6. The Bertz CT molecular complexity index is 165. The molecule has 68 valence electrons. The minimum atomic E-state index is -0.382. The van der Waals surface area contributed by atoms with Crippen molar-refractivity contribution in [3.05, 3.63) is 0 Å². The molecule has 0 aliphatic rings. The van der Waals surface area contributed by atoms with E-state index in [1.165, 1.54) is 0 Å². The maximum absolute atomic E-state index is 10.5. The van der Waals surface area contributed by atoms with Crippen LogP contribution in [0.5, 0.6) is 0 Å². The first-order chi connectivity index (χ1) is 5.81.